The van der Waals surface area contributed by atoms with Crippen LogP contribution in [0.1, 0.15) is 62.6 Å². The summed E-state index contributed by atoms with van der Waals surface area (Å²) in [6, 6.07) is 35.9. The van der Waals surface area contributed by atoms with Gasteiger partial charge in [0.05, 0.1) is 7.11 Å². The lowest BCUT2D eigenvalue weighted by Gasteiger charge is -2.49. The topological polar surface area (TPSA) is 158 Å². The second-order valence-electron chi connectivity index (χ2n) is 16.8. The predicted molar refractivity (Wildman–Crippen MR) is 257 cm³/mol. The van der Waals surface area contributed by atoms with Gasteiger partial charge in [0.25, 0.3) is 11.8 Å². The average Bonchev–Trinajstić information content (AvgIpc) is 3.78. The van der Waals surface area contributed by atoms with Gasteiger partial charge in [0.2, 0.25) is 5.60 Å². The zero-order chi connectivity index (χ0) is 47.1. The monoisotopic (exact) mass is 925 g/mol. The molecule has 340 valence electrons. The van der Waals surface area contributed by atoms with Crippen molar-refractivity contribution in [2.75, 3.05) is 18.2 Å². The molecule has 2 atom stereocenters. The number of amides is 2. The molecule has 4 aromatic carbocycles. The fraction of sp³-hybridized carbons (Fsp3) is 0.255. The molecular weight excluding hydrogens is 875 g/mol. The van der Waals surface area contributed by atoms with E-state index in [0.29, 0.717) is 22.2 Å². The molecule has 2 amide bonds. The SMILES string of the molecule is C=C/C=C/C1=C(C(=O)OCc2ccc(OC)cc2)N2C(=O)[C@@H](NC(=O)/C(=N\OC(C)(C)C(=O)OC(C)(C)C)c3csc(NC(c4ccccc4)(c4ccccc4)c4ccccc4)n3)[C@H]2SC1. The number of oxime groups is 1. The second-order valence-corrected chi connectivity index (χ2v) is 18.8. The number of anilines is 1. The largest absolute Gasteiger partial charge is 0.497 e. The number of thiazole rings is 1. The van der Waals surface area contributed by atoms with E-state index in [1.54, 1.807) is 75.8 Å². The minimum atomic E-state index is -1.64. The summed E-state index contributed by atoms with van der Waals surface area (Å²) < 4.78 is 16.6. The standard InChI is InChI=1S/C51H51N5O8S2/c1-8-9-19-34-31-65-45-41(44(58)56(45)42(34)46(59)62-30-33-26-28-38(61-7)29-27-33)53-43(57)40(55-64-50(5,6)47(60)63-49(2,3)4)39-32-66-48(52-39)54-51(35-20-13-10-14-21-35,36-22-15-11-16-23-36)37-24-17-12-18-25-37/h8-29,32,41,45H,1,30-31H2,2-7H3,(H,52,54)(H,53,57)/b19-9+,55-40-/t41-,45-/m1/s1. The summed E-state index contributed by atoms with van der Waals surface area (Å²) in [7, 11) is 1.56. The summed E-state index contributed by atoms with van der Waals surface area (Å²) in [5.74, 6) is -1.74. The lowest BCUT2D eigenvalue weighted by Crippen LogP contribution is -2.71. The normalized spacial score (nSPS) is 16.5. The predicted octanol–water partition coefficient (Wildman–Crippen LogP) is 8.54. The van der Waals surface area contributed by atoms with E-state index >= 15 is 0 Å². The summed E-state index contributed by atoms with van der Waals surface area (Å²) in [6.45, 7) is 11.9. The van der Waals surface area contributed by atoms with Gasteiger partial charge < -0.3 is 29.7 Å². The number of carbonyl (C=O) groups excluding carboxylic acids is 4. The van der Waals surface area contributed by atoms with Gasteiger partial charge in [-0.3, -0.25) is 14.5 Å². The Bertz CT molecular complexity index is 2560. The molecule has 1 aromatic heterocycles. The van der Waals surface area contributed by atoms with Gasteiger partial charge in [0.15, 0.2) is 10.8 Å². The van der Waals surface area contributed by atoms with Crippen molar-refractivity contribution in [1.82, 2.24) is 15.2 Å². The van der Waals surface area contributed by atoms with Crippen LogP contribution in [0, 0.1) is 0 Å². The first-order valence-corrected chi connectivity index (χ1v) is 23.1. The molecule has 66 heavy (non-hydrogen) atoms. The number of thioether (sulfide) groups is 1. The molecule has 1 fully saturated rings. The van der Waals surface area contributed by atoms with Gasteiger partial charge in [-0.2, -0.15) is 0 Å². The molecule has 2 N–H and O–H groups in total. The van der Waals surface area contributed by atoms with Crippen molar-refractivity contribution in [3.05, 3.63) is 185 Å². The third-order valence-electron chi connectivity index (χ3n) is 10.6. The highest BCUT2D eigenvalue weighted by Gasteiger charge is 2.54. The maximum atomic E-state index is 14.6. The zero-order valence-corrected chi connectivity index (χ0v) is 39.1. The number of hydrogen-bond donors (Lipinski definition) is 2. The van der Waals surface area contributed by atoms with Gasteiger partial charge in [-0.1, -0.05) is 133 Å². The van der Waals surface area contributed by atoms with Gasteiger partial charge in [-0.15, -0.1) is 23.1 Å². The third-order valence-corrected chi connectivity index (χ3v) is 12.6. The zero-order valence-electron chi connectivity index (χ0n) is 37.5. The quantitative estimate of drug-likeness (QED) is 0.0230. The maximum Gasteiger partial charge on any atom is 0.355 e. The third kappa shape index (κ3) is 10.3. The molecule has 1 saturated heterocycles. The first kappa shape index (κ1) is 47.0. The molecular formula is C51H51N5O8S2. The average molecular weight is 926 g/mol. The van der Waals surface area contributed by atoms with Crippen molar-refractivity contribution < 1.29 is 38.2 Å². The van der Waals surface area contributed by atoms with Crippen molar-refractivity contribution in [3.8, 4) is 5.75 Å². The Labute approximate surface area is 392 Å². The van der Waals surface area contributed by atoms with Crippen LogP contribution >= 0.6 is 23.1 Å². The molecule has 15 heteroatoms. The highest BCUT2D eigenvalue weighted by atomic mass is 32.2. The summed E-state index contributed by atoms with van der Waals surface area (Å²) in [4.78, 5) is 67.8. The van der Waals surface area contributed by atoms with E-state index in [-0.39, 0.29) is 23.7 Å². The minimum Gasteiger partial charge on any atom is -0.497 e. The Morgan fingerprint density at radius 2 is 1.47 bits per heavy atom. The Kier molecular flexibility index (Phi) is 14.3. The first-order valence-electron chi connectivity index (χ1n) is 21.1. The van der Waals surface area contributed by atoms with Crippen LogP contribution in [0.3, 0.4) is 0 Å². The smallest absolute Gasteiger partial charge is 0.355 e. The number of ether oxygens (including phenoxy) is 3. The number of rotatable bonds is 17. The number of fused-ring (bicyclic) bond motifs is 1. The molecule has 0 aliphatic carbocycles. The van der Waals surface area contributed by atoms with Crippen LogP contribution in [0.15, 0.2) is 162 Å². The van der Waals surface area contributed by atoms with Crippen LogP contribution < -0.4 is 15.4 Å². The lowest BCUT2D eigenvalue weighted by molar-refractivity contribution is -0.179. The van der Waals surface area contributed by atoms with Gasteiger partial charge in [-0.05, 0) is 74.6 Å². The van der Waals surface area contributed by atoms with Gasteiger partial charge in [0, 0.05) is 11.1 Å². The molecule has 0 unspecified atom stereocenters. The van der Waals surface area contributed by atoms with Crippen molar-refractivity contribution in [2.24, 2.45) is 5.16 Å². The molecule has 5 aromatic rings. The van der Waals surface area contributed by atoms with Crippen molar-refractivity contribution in [3.63, 3.8) is 0 Å². The van der Waals surface area contributed by atoms with Crippen molar-refractivity contribution >= 4 is 57.7 Å². The van der Waals surface area contributed by atoms with E-state index in [1.807, 2.05) is 91.0 Å². The summed E-state index contributed by atoms with van der Waals surface area (Å²) in [5.41, 5.74) is 0.596. The molecule has 0 saturated carbocycles. The molecule has 0 bridgehead atoms. The number of esters is 2. The van der Waals surface area contributed by atoms with Gasteiger partial charge in [0.1, 0.15) is 46.3 Å². The van der Waals surface area contributed by atoms with Crippen molar-refractivity contribution in [2.45, 2.75) is 69.4 Å². The molecule has 7 rings (SSSR count). The molecule has 2 aliphatic rings. The number of β-lactam (4-membered cyclic amide) rings is 1. The van der Waals surface area contributed by atoms with Gasteiger partial charge >= 0.3 is 11.9 Å². The second kappa shape index (κ2) is 20.0. The number of methoxy groups -OCH3 is 1. The Morgan fingerprint density at radius 3 is 2.02 bits per heavy atom. The number of hydrogen-bond acceptors (Lipinski definition) is 13. The maximum absolute atomic E-state index is 14.6. The molecule has 0 spiro atoms. The van der Waals surface area contributed by atoms with E-state index in [9.17, 15) is 19.2 Å². The van der Waals surface area contributed by atoms with E-state index in [2.05, 4.69) is 22.4 Å². The Balaban J connectivity index is 1.20. The first-order chi connectivity index (χ1) is 31.6. The fourth-order valence-corrected chi connectivity index (χ4v) is 9.35. The van der Waals surface area contributed by atoms with Crippen LogP contribution in [-0.2, 0) is 45.6 Å². The fourth-order valence-electron chi connectivity index (χ4n) is 7.28. The van der Waals surface area contributed by atoms with Crippen LogP contribution in [0.25, 0.3) is 0 Å². The van der Waals surface area contributed by atoms with Crippen molar-refractivity contribution in [1.29, 1.82) is 0 Å². The van der Waals surface area contributed by atoms with Crippen LogP contribution in [0.4, 0.5) is 5.13 Å². The summed E-state index contributed by atoms with van der Waals surface area (Å²) >= 11 is 2.61. The summed E-state index contributed by atoms with van der Waals surface area (Å²) in [6.07, 6.45) is 4.96. The van der Waals surface area contributed by atoms with Crippen LogP contribution in [0.2, 0.25) is 0 Å². The molecule has 0 radical (unpaired) electrons. The Morgan fingerprint density at radius 1 is 0.879 bits per heavy atom. The molecule has 2 aliphatic heterocycles. The number of nitrogens with zero attached hydrogens (tertiary/aromatic N) is 3. The minimum absolute atomic E-state index is 0.0437. The van der Waals surface area contributed by atoms with E-state index in [1.165, 1.54) is 41.8 Å². The number of allylic oxidation sites excluding steroid dienone is 3. The van der Waals surface area contributed by atoms with Crippen LogP contribution in [0.5, 0.6) is 5.75 Å². The molecule has 3 heterocycles. The van der Waals surface area contributed by atoms with E-state index < -0.39 is 51.9 Å². The van der Waals surface area contributed by atoms with E-state index in [0.717, 1.165) is 22.3 Å². The lowest BCUT2D eigenvalue weighted by atomic mass is 9.77. The number of nitrogens with one attached hydrogen (secondary N) is 2. The summed E-state index contributed by atoms with van der Waals surface area (Å²) in [5, 5.41) is 12.2. The van der Waals surface area contributed by atoms with Crippen LogP contribution in [-0.4, -0.2) is 74.8 Å². The number of aromatic nitrogens is 1. The molecule has 13 nitrogen and oxygen atoms in total. The number of benzene rings is 4. The van der Waals surface area contributed by atoms with Gasteiger partial charge in [-0.25, -0.2) is 14.6 Å². The number of carbonyl (C=O) groups is 4. The van der Waals surface area contributed by atoms with E-state index in [4.69, 9.17) is 24.0 Å². The highest BCUT2D eigenvalue weighted by molar-refractivity contribution is 8.00. The highest BCUT2D eigenvalue weighted by Crippen LogP contribution is 2.43. The Hall–Kier alpha value is -6.97.